The highest BCUT2D eigenvalue weighted by Gasteiger charge is 2.00. The second-order valence-corrected chi connectivity index (χ2v) is 3.49. The number of rotatable bonds is 4. The van der Waals surface area contributed by atoms with Gasteiger partial charge in [0, 0.05) is 18.4 Å². The Kier molecular flexibility index (Phi) is 4.90. The van der Waals surface area contributed by atoms with Crippen LogP contribution in [0.3, 0.4) is 0 Å². The fraction of sp³-hybridized carbons (Fsp3) is 0.400. The zero-order valence-corrected chi connectivity index (χ0v) is 9.34. The fourth-order valence-electron chi connectivity index (χ4n) is 1.03. The third-order valence-electron chi connectivity index (χ3n) is 1.80. The molecule has 0 atom stereocenters. The molecule has 2 N–H and O–H groups in total. The van der Waals surface area contributed by atoms with E-state index in [9.17, 15) is 4.79 Å². The highest BCUT2D eigenvalue weighted by molar-refractivity contribution is 6.29. The van der Waals surface area contributed by atoms with Crippen molar-refractivity contribution in [1.82, 2.24) is 10.3 Å². The average molecular weight is 228 g/mol. The number of halogens is 1. The lowest BCUT2D eigenvalue weighted by atomic mass is 10.3. The summed E-state index contributed by atoms with van der Waals surface area (Å²) in [5, 5.41) is 5.77. The van der Waals surface area contributed by atoms with Gasteiger partial charge in [-0.2, -0.15) is 0 Å². The third-order valence-corrected chi connectivity index (χ3v) is 2.01. The van der Waals surface area contributed by atoms with Gasteiger partial charge in [0.2, 0.25) is 0 Å². The van der Waals surface area contributed by atoms with Crippen LogP contribution in [-0.4, -0.2) is 17.6 Å². The monoisotopic (exact) mass is 227 g/mol. The maximum absolute atomic E-state index is 11.3. The van der Waals surface area contributed by atoms with E-state index in [-0.39, 0.29) is 6.03 Å². The molecule has 0 fully saturated rings. The zero-order chi connectivity index (χ0) is 11.1. The Morgan fingerprint density at radius 2 is 2.40 bits per heavy atom. The molecule has 0 saturated carbocycles. The van der Waals surface area contributed by atoms with Crippen LogP contribution in [0, 0.1) is 0 Å². The molecule has 0 unspecified atom stereocenters. The van der Waals surface area contributed by atoms with Crippen molar-refractivity contribution in [1.29, 1.82) is 0 Å². The van der Waals surface area contributed by atoms with Crippen LogP contribution >= 0.6 is 11.6 Å². The molecule has 1 aromatic heterocycles. The van der Waals surface area contributed by atoms with Crippen LogP contribution in [0.25, 0.3) is 0 Å². The largest absolute Gasteiger partial charge is 0.338 e. The number of unbranched alkanes of at least 4 members (excludes halogenated alkanes) is 1. The molecule has 0 spiro atoms. The van der Waals surface area contributed by atoms with E-state index in [4.69, 9.17) is 11.6 Å². The van der Waals surface area contributed by atoms with Crippen molar-refractivity contribution in [2.75, 3.05) is 11.9 Å². The Labute approximate surface area is 94.0 Å². The number of pyridine rings is 1. The van der Waals surface area contributed by atoms with Gasteiger partial charge in [-0.15, -0.1) is 0 Å². The SMILES string of the molecule is CCCCNC(=O)Nc1ccnc(Cl)c1. The van der Waals surface area contributed by atoms with Crippen LogP contribution in [0.4, 0.5) is 10.5 Å². The number of amides is 2. The summed E-state index contributed by atoms with van der Waals surface area (Å²) < 4.78 is 0. The van der Waals surface area contributed by atoms with E-state index in [1.54, 1.807) is 18.3 Å². The van der Waals surface area contributed by atoms with E-state index < -0.39 is 0 Å². The van der Waals surface area contributed by atoms with Crippen LogP contribution in [0.1, 0.15) is 19.8 Å². The Morgan fingerprint density at radius 3 is 3.07 bits per heavy atom. The average Bonchev–Trinajstić information content (AvgIpc) is 2.18. The van der Waals surface area contributed by atoms with E-state index in [0.29, 0.717) is 17.4 Å². The van der Waals surface area contributed by atoms with Gasteiger partial charge in [-0.1, -0.05) is 24.9 Å². The van der Waals surface area contributed by atoms with Gasteiger partial charge >= 0.3 is 6.03 Å². The molecule has 1 rings (SSSR count). The quantitative estimate of drug-likeness (QED) is 0.614. The number of aromatic nitrogens is 1. The normalized spacial score (nSPS) is 9.73. The van der Waals surface area contributed by atoms with Crippen molar-refractivity contribution < 1.29 is 4.79 Å². The Bertz CT molecular complexity index is 330. The minimum atomic E-state index is -0.217. The fourth-order valence-corrected chi connectivity index (χ4v) is 1.21. The molecule has 4 nitrogen and oxygen atoms in total. The summed E-state index contributed by atoms with van der Waals surface area (Å²) in [6.07, 6.45) is 3.58. The van der Waals surface area contributed by atoms with Gasteiger partial charge in [-0.3, -0.25) is 0 Å². The zero-order valence-electron chi connectivity index (χ0n) is 8.59. The number of carbonyl (C=O) groups excluding carboxylic acids is 1. The summed E-state index contributed by atoms with van der Waals surface area (Å²) in [5.74, 6) is 0. The van der Waals surface area contributed by atoms with Crippen LogP contribution in [0.15, 0.2) is 18.3 Å². The topological polar surface area (TPSA) is 54.0 Å². The Hall–Kier alpha value is -1.29. The number of anilines is 1. The van der Waals surface area contributed by atoms with Gasteiger partial charge in [-0.25, -0.2) is 9.78 Å². The Morgan fingerprint density at radius 1 is 1.60 bits per heavy atom. The van der Waals surface area contributed by atoms with E-state index >= 15 is 0 Å². The highest BCUT2D eigenvalue weighted by atomic mass is 35.5. The molecule has 2 amide bonds. The lowest BCUT2D eigenvalue weighted by Crippen LogP contribution is -2.29. The highest BCUT2D eigenvalue weighted by Crippen LogP contribution is 2.11. The maximum Gasteiger partial charge on any atom is 0.319 e. The molecule has 0 saturated heterocycles. The summed E-state index contributed by atoms with van der Waals surface area (Å²) in [7, 11) is 0. The maximum atomic E-state index is 11.3. The minimum absolute atomic E-state index is 0.217. The standard InChI is InChI=1S/C10H14ClN3O/c1-2-3-5-13-10(15)14-8-4-6-12-9(11)7-8/h4,6-7H,2-3,5H2,1H3,(H2,12,13,14,15). The summed E-state index contributed by atoms with van der Waals surface area (Å²) in [5.41, 5.74) is 0.643. The van der Waals surface area contributed by atoms with Crippen molar-refractivity contribution in [2.45, 2.75) is 19.8 Å². The number of hydrogen-bond donors (Lipinski definition) is 2. The predicted molar refractivity (Wildman–Crippen MR) is 61.2 cm³/mol. The van der Waals surface area contributed by atoms with Gasteiger partial charge < -0.3 is 10.6 Å². The molecule has 5 heteroatoms. The smallest absolute Gasteiger partial charge is 0.319 e. The predicted octanol–water partition coefficient (Wildman–Crippen LogP) is 2.66. The van der Waals surface area contributed by atoms with Crippen LogP contribution < -0.4 is 10.6 Å². The molecule has 1 aromatic rings. The summed E-state index contributed by atoms with van der Waals surface area (Å²) in [6.45, 7) is 2.75. The van der Waals surface area contributed by atoms with Gasteiger partial charge in [0.15, 0.2) is 0 Å². The van der Waals surface area contributed by atoms with Crippen LogP contribution in [0.2, 0.25) is 5.15 Å². The second kappa shape index (κ2) is 6.24. The van der Waals surface area contributed by atoms with Crippen LogP contribution in [0.5, 0.6) is 0 Å². The molecule has 0 bridgehead atoms. The van der Waals surface area contributed by atoms with Gasteiger partial charge in [0.05, 0.1) is 0 Å². The first kappa shape index (κ1) is 11.8. The number of nitrogens with one attached hydrogen (secondary N) is 2. The second-order valence-electron chi connectivity index (χ2n) is 3.10. The molecule has 82 valence electrons. The van der Waals surface area contributed by atoms with Gasteiger partial charge in [0.25, 0.3) is 0 Å². The van der Waals surface area contributed by atoms with Crippen LogP contribution in [-0.2, 0) is 0 Å². The van der Waals surface area contributed by atoms with E-state index in [0.717, 1.165) is 12.8 Å². The third kappa shape index (κ3) is 4.65. The van der Waals surface area contributed by atoms with E-state index in [1.807, 2.05) is 0 Å². The lowest BCUT2D eigenvalue weighted by molar-refractivity contribution is 0.252. The van der Waals surface area contributed by atoms with Crippen molar-refractivity contribution in [3.8, 4) is 0 Å². The number of urea groups is 1. The summed E-state index contributed by atoms with van der Waals surface area (Å²) in [4.78, 5) is 15.1. The number of nitrogens with zero attached hydrogens (tertiary/aromatic N) is 1. The molecule has 0 aromatic carbocycles. The van der Waals surface area contributed by atoms with Gasteiger partial charge in [-0.05, 0) is 18.6 Å². The molecule has 0 aliphatic rings. The number of carbonyl (C=O) groups is 1. The Balaban J connectivity index is 2.37. The first-order valence-electron chi connectivity index (χ1n) is 4.88. The van der Waals surface area contributed by atoms with Crippen molar-refractivity contribution in [2.24, 2.45) is 0 Å². The first-order chi connectivity index (χ1) is 7.22. The van der Waals surface area contributed by atoms with Crippen molar-refractivity contribution in [3.63, 3.8) is 0 Å². The molecule has 0 aliphatic heterocycles. The molecule has 0 aliphatic carbocycles. The van der Waals surface area contributed by atoms with Gasteiger partial charge in [0.1, 0.15) is 5.15 Å². The lowest BCUT2D eigenvalue weighted by Gasteiger charge is -2.06. The summed E-state index contributed by atoms with van der Waals surface area (Å²) >= 11 is 5.67. The van der Waals surface area contributed by atoms with Crippen molar-refractivity contribution in [3.05, 3.63) is 23.5 Å². The minimum Gasteiger partial charge on any atom is -0.338 e. The molecule has 0 radical (unpaired) electrons. The molecule has 15 heavy (non-hydrogen) atoms. The van der Waals surface area contributed by atoms with E-state index in [2.05, 4.69) is 22.5 Å². The van der Waals surface area contributed by atoms with Crippen molar-refractivity contribution >= 4 is 23.3 Å². The van der Waals surface area contributed by atoms with E-state index in [1.165, 1.54) is 0 Å². The summed E-state index contributed by atoms with van der Waals surface area (Å²) in [6, 6.07) is 3.07. The molecule has 1 heterocycles. The molecular weight excluding hydrogens is 214 g/mol. The number of hydrogen-bond acceptors (Lipinski definition) is 2. The molecular formula is C10H14ClN3O. The first-order valence-corrected chi connectivity index (χ1v) is 5.26.